The average Bonchev–Trinajstić information content (AvgIpc) is 3.40. The third kappa shape index (κ3) is 5.87. The highest BCUT2D eigenvalue weighted by atomic mass is 35.5. The van der Waals surface area contributed by atoms with Crippen molar-refractivity contribution in [1.29, 1.82) is 0 Å². The smallest absolute Gasteiger partial charge is 0.319 e. The molecular formula is C24H24ClN5O4. The number of urea groups is 1. The SMILES string of the molecule is O=C(NCC(=O)N1CCN(c2ccccc2)CC1)Nc1ccc(NC(=O)c2ccco2)c(Cl)c1. The maximum Gasteiger partial charge on any atom is 0.319 e. The van der Waals surface area contributed by atoms with E-state index in [4.69, 9.17) is 16.0 Å². The summed E-state index contributed by atoms with van der Waals surface area (Å²) in [5, 5.41) is 8.09. The molecule has 0 radical (unpaired) electrons. The first-order valence-corrected chi connectivity index (χ1v) is 11.1. The van der Waals surface area contributed by atoms with Gasteiger partial charge in [-0.15, -0.1) is 0 Å². The molecule has 0 spiro atoms. The Morgan fingerprint density at radius 3 is 2.35 bits per heavy atom. The normalized spacial score (nSPS) is 13.3. The van der Waals surface area contributed by atoms with E-state index in [0.717, 1.165) is 18.8 Å². The maximum atomic E-state index is 12.5. The molecular weight excluding hydrogens is 458 g/mol. The zero-order valence-electron chi connectivity index (χ0n) is 18.3. The summed E-state index contributed by atoms with van der Waals surface area (Å²) in [6.07, 6.45) is 1.40. The van der Waals surface area contributed by atoms with Gasteiger partial charge in [-0.25, -0.2) is 4.79 Å². The monoisotopic (exact) mass is 481 g/mol. The molecule has 176 valence electrons. The summed E-state index contributed by atoms with van der Waals surface area (Å²) in [7, 11) is 0. The van der Waals surface area contributed by atoms with Gasteiger partial charge in [0.15, 0.2) is 5.76 Å². The summed E-state index contributed by atoms with van der Waals surface area (Å²) in [4.78, 5) is 40.8. The Morgan fingerprint density at radius 2 is 1.68 bits per heavy atom. The molecule has 3 N–H and O–H groups in total. The van der Waals surface area contributed by atoms with Crippen LogP contribution in [0.4, 0.5) is 21.9 Å². The molecule has 34 heavy (non-hydrogen) atoms. The van der Waals surface area contributed by atoms with Crippen molar-refractivity contribution in [3.05, 3.63) is 77.7 Å². The number of hydrogen-bond acceptors (Lipinski definition) is 5. The second kappa shape index (κ2) is 10.8. The zero-order chi connectivity index (χ0) is 23.9. The van der Waals surface area contributed by atoms with Crippen LogP contribution < -0.4 is 20.9 Å². The van der Waals surface area contributed by atoms with Crippen molar-refractivity contribution in [2.24, 2.45) is 0 Å². The Balaban J connectivity index is 1.22. The van der Waals surface area contributed by atoms with Crippen molar-refractivity contribution in [2.75, 3.05) is 48.3 Å². The molecule has 2 aromatic carbocycles. The van der Waals surface area contributed by atoms with E-state index in [2.05, 4.69) is 33.0 Å². The summed E-state index contributed by atoms with van der Waals surface area (Å²) < 4.78 is 5.05. The van der Waals surface area contributed by atoms with Gasteiger partial charge >= 0.3 is 6.03 Å². The number of furan rings is 1. The van der Waals surface area contributed by atoms with Crippen LogP contribution in [0.3, 0.4) is 0 Å². The van der Waals surface area contributed by atoms with Crippen LogP contribution in [0.25, 0.3) is 0 Å². The fraction of sp³-hybridized carbons (Fsp3) is 0.208. The number of rotatable bonds is 6. The van der Waals surface area contributed by atoms with Crippen LogP contribution in [-0.4, -0.2) is 55.5 Å². The molecule has 9 nitrogen and oxygen atoms in total. The Morgan fingerprint density at radius 1 is 0.912 bits per heavy atom. The molecule has 1 aliphatic rings. The van der Waals surface area contributed by atoms with E-state index in [1.807, 2.05) is 18.2 Å². The van der Waals surface area contributed by atoms with Gasteiger partial charge in [0.2, 0.25) is 5.91 Å². The second-order valence-corrected chi connectivity index (χ2v) is 8.04. The highest BCUT2D eigenvalue weighted by Crippen LogP contribution is 2.26. The predicted molar refractivity (Wildman–Crippen MR) is 130 cm³/mol. The first-order valence-electron chi connectivity index (χ1n) is 10.8. The highest BCUT2D eigenvalue weighted by Gasteiger charge is 2.21. The Labute approximate surface area is 201 Å². The number of nitrogens with zero attached hydrogens (tertiary/aromatic N) is 2. The van der Waals surface area contributed by atoms with Gasteiger partial charge in [-0.05, 0) is 42.5 Å². The molecule has 1 aliphatic heterocycles. The van der Waals surface area contributed by atoms with Gasteiger partial charge in [-0.2, -0.15) is 0 Å². The maximum absolute atomic E-state index is 12.5. The lowest BCUT2D eigenvalue weighted by Gasteiger charge is -2.36. The van der Waals surface area contributed by atoms with Gasteiger partial charge in [-0.1, -0.05) is 29.8 Å². The molecule has 1 saturated heterocycles. The van der Waals surface area contributed by atoms with Crippen molar-refractivity contribution in [3.63, 3.8) is 0 Å². The van der Waals surface area contributed by atoms with E-state index in [1.165, 1.54) is 18.4 Å². The average molecular weight is 482 g/mol. The number of para-hydroxylation sites is 1. The lowest BCUT2D eigenvalue weighted by Crippen LogP contribution is -2.51. The molecule has 0 aliphatic carbocycles. The molecule has 1 aromatic heterocycles. The molecule has 0 atom stereocenters. The molecule has 0 saturated carbocycles. The number of piperazine rings is 1. The van der Waals surface area contributed by atoms with Gasteiger partial charge < -0.3 is 30.2 Å². The van der Waals surface area contributed by atoms with Crippen molar-refractivity contribution in [2.45, 2.75) is 0 Å². The summed E-state index contributed by atoms with van der Waals surface area (Å²) in [6, 6.07) is 17.3. The molecule has 3 aromatic rings. The minimum Gasteiger partial charge on any atom is -0.459 e. The number of carbonyl (C=O) groups excluding carboxylic acids is 3. The van der Waals surface area contributed by atoms with Gasteiger partial charge in [0.25, 0.3) is 5.91 Å². The fourth-order valence-corrected chi connectivity index (χ4v) is 3.81. The number of amides is 4. The van der Waals surface area contributed by atoms with Crippen LogP contribution in [0, 0.1) is 0 Å². The van der Waals surface area contributed by atoms with Crippen LogP contribution in [0.1, 0.15) is 10.6 Å². The van der Waals surface area contributed by atoms with Crippen molar-refractivity contribution >= 4 is 46.5 Å². The summed E-state index contributed by atoms with van der Waals surface area (Å²) in [5.74, 6) is -0.422. The molecule has 0 bridgehead atoms. The zero-order valence-corrected chi connectivity index (χ0v) is 19.0. The summed E-state index contributed by atoms with van der Waals surface area (Å²) in [5.41, 5.74) is 1.93. The topological polar surface area (TPSA) is 107 Å². The molecule has 1 fully saturated rings. The molecule has 4 amide bonds. The summed E-state index contributed by atoms with van der Waals surface area (Å²) in [6.45, 7) is 2.56. The molecule has 10 heteroatoms. The fourth-order valence-electron chi connectivity index (χ4n) is 3.58. The van der Waals surface area contributed by atoms with E-state index in [0.29, 0.717) is 24.5 Å². The quantitative estimate of drug-likeness (QED) is 0.498. The van der Waals surface area contributed by atoms with Crippen molar-refractivity contribution < 1.29 is 18.8 Å². The number of halogens is 1. The van der Waals surface area contributed by atoms with Gasteiger partial charge in [0.05, 0.1) is 23.5 Å². The predicted octanol–water partition coefficient (Wildman–Crippen LogP) is 3.66. The molecule has 0 unspecified atom stereocenters. The Bertz CT molecular complexity index is 1150. The standard InChI is InChI=1S/C24H24ClN5O4/c25-19-15-17(8-9-20(19)28-23(32)21-7-4-14-34-21)27-24(33)26-16-22(31)30-12-10-29(11-13-30)18-5-2-1-3-6-18/h1-9,14-15H,10-13,16H2,(H,28,32)(H2,26,27,33). The number of nitrogens with one attached hydrogen (secondary N) is 3. The number of hydrogen-bond donors (Lipinski definition) is 3. The van der Waals surface area contributed by atoms with Gasteiger partial charge in [-0.3, -0.25) is 9.59 Å². The Hall–Kier alpha value is -3.98. The van der Waals surface area contributed by atoms with Crippen LogP contribution >= 0.6 is 11.6 Å². The third-order valence-corrected chi connectivity index (χ3v) is 5.69. The van der Waals surface area contributed by atoms with E-state index in [1.54, 1.807) is 23.1 Å². The van der Waals surface area contributed by atoms with Crippen molar-refractivity contribution in [1.82, 2.24) is 10.2 Å². The highest BCUT2D eigenvalue weighted by molar-refractivity contribution is 6.34. The number of anilines is 3. The first kappa shape index (κ1) is 23.2. The minimum absolute atomic E-state index is 0.109. The van der Waals surface area contributed by atoms with E-state index in [-0.39, 0.29) is 23.2 Å². The van der Waals surface area contributed by atoms with Crippen LogP contribution in [0.5, 0.6) is 0 Å². The molecule has 4 rings (SSSR count). The molecule has 2 heterocycles. The summed E-state index contributed by atoms with van der Waals surface area (Å²) >= 11 is 6.22. The van der Waals surface area contributed by atoms with Crippen LogP contribution in [0.15, 0.2) is 71.3 Å². The van der Waals surface area contributed by atoms with E-state index >= 15 is 0 Å². The third-order valence-electron chi connectivity index (χ3n) is 5.37. The minimum atomic E-state index is -0.528. The van der Waals surface area contributed by atoms with Crippen molar-refractivity contribution in [3.8, 4) is 0 Å². The lowest BCUT2D eigenvalue weighted by molar-refractivity contribution is -0.130. The van der Waals surface area contributed by atoms with E-state index in [9.17, 15) is 14.4 Å². The first-order chi connectivity index (χ1) is 16.5. The van der Waals surface area contributed by atoms with Gasteiger partial charge in [0, 0.05) is 37.6 Å². The van der Waals surface area contributed by atoms with E-state index < -0.39 is 11.9 Å². The van der Waals surface area contributed by atoms with Crippen LogP contribution in [0.2, 0.25) is 5.02 Å². The number of benzene rings is 2. The largest absolute Gasteiger partial charge is 0.459 e. The van der Waals surface area contributed by atoms with Gasteiger partial charge in [0.1, 0.15) is 0 Å². The lowest BCUT2D eigenvalue weighted by atomic mass is 10.2. The Kier molecular flexibility index (Phi) is 7.34. The number of carbonyl (C=O) groups is 3. The second-order valence-electron chi connectivity index (χ2n) is 7.64. The van der Waals surface area contributed by atoms with Crippen LogP contribution in [-0.2, 0) is 4.79 Å².